The fourth-order valence-electron chi connectivity index (χ4n) is 9.55. The first-order chi connectivity index (χ1) is 27.1. The first kappa shape index (κ1) is 34.4. The largest absolute Gasteiger partial charge is 0.311 e. The third-order valence-corrected chi connectivity index (χ3v) is 19.7. The van der Waals surface area contributed by atoms with Gasteiger partial charge in [-0.25, -0.2) is 0 Å². The van der Waals surface area contributed by atoms with Gasteiger partial charge in [0.2, 0.25) is 0 Å². The van der Waals surface area contributed by atoms with E-state index < -0.39 is 22.1 Å². The van der Waals surface area contributed by atoms with Gasteiger partial charge in [0.15, 0.2) is 11.6 Å². The van der Waals surface area contributed by atoms with Crippen LogP contribution in [0, 0.1) is 5.92 Å². The lowest BCUT2D eigenvalue weighted by atomic mass is 9.90. The van der Waals surface area contributed by atoms with E-state index in [2.05, 4.69) is 182 Å². The summed E-state index contributed by atoms with van der Waals surface area (Å²) in [7, 11) is -3.80. The lowest BCUT2D eigenvalue weighted by molar-refractivity contribution is 0.0852. The zero-order valence-corrected chi connectivity index (χ0v) is 34.3. The highest BCUT2D eigenvalue weighted by atomic mass is 28.3. The summed E-state index contributed by atoms with van der Waals surface area (Å²) in [6.45, 7) is 11.5. The van der Waals surface area contributed by atoms with Crippen molar-refractivity contribution in [1.82, 2.24) is 0 Å². The van der Waals surface area contributed by atoms with E-state index in [0.29, 0.717) is 11.1 Å². The number of anilines is 6. The topological polar surface area (TPSA) is 40.6 Å². The lowest BCUT2D eigenvalue weighted by Gasteiger charge is -2.41. The van der Waals surface area contributed by atoms with Crippen LogP contribution >= 0.6 is 0 Å². The molecule has 56 heavy (non-hydrogen) atoms. The molecule has 7 aromatic carbocycles. The van der Waals surface area contributed by atoms with Gasteiger partial charge in [0.1, 0.15) is 16.1 Å². The Morgan fingerprint density at radius 3 is 0.982 bits per heavy atom. The Balaban J connectivity index is 1.08. The summed E-state index contributed by atoms with van der Waals surface area (Å²) < 4.78 is 0. The molecule has 6 heteroatoms. The highest BCUT2D eigenvalue weighted by molar-refractivity contribution is 7.03. The van der Waals surface area contributed by atoms with Crippen LogP contribution in [-0.2, 0) is 0 Å². The van der Waals surface area contributed by atoms with Crippen molar-refractivity contribution in [3.63, 3.8) is 0 Å². The number of Topliss-reactive ketones (excluding diaryl/α,β-unsaturated/α-hetero) is 2. The molecule has 272 valence electrons. The molecule has 0 spiro atoms. The maximum Gasteiger partial charge on any atom is 0.174 e. The van der Waals surface area contributed by atoms with E-state index in [9.17, 15) is 9.59 Å². The molecule has 0 radical (unpaired) electrons. The van der Waals surface area contributed by atoms with Gasteiger partial charge in [0, 0.05) is 45.3 Å². The molecule has 0 unspecified atom stereocenters. The summed E-state index contributed by atoms with van der Waals surface area (Å²) in [4.78, 5) is 31.6. The van der Waals surface area contributed by atoms with Crippen LogP contribution < -0.4 is 30.5 Å². The van der Waals surface area contributed by atoms with Gasteiger partial charge in [-0.05, 0) is 111 Å². The summed E-state index contributed by atoms with van der Waals surface area (Å²) in [5.74, 6) is -0.879. The Kier molecular flexibility index (Phi) is 7.66. The van der Waals surface area contributed by atoms with Gasteiger partial charge in [-0.1, -0.05) is 123 Å². The maximum absolute atomic E-state index is 13.4. The van der Waals surface area contributed by atoms with Crippen LogP contribution in [0.5, 0.6) is 0 Å². The highest BCUT2D eigenvalue weighted by Crippen LogP contribution is 2.44. The van der Waals surface area contributed by atoms with E-state index in [1.807, 2.05) is 12.1 Å². The molecule has 0 fully saturated rings. The van der Waals surface area contributed by atoms with Crippen molar-refractivity contribution in [2.45, 2.75) is 33.1 Å². The van der Waals surface area contributed by atoms with Crippen molar-refractivity contribution in [3.8, 4) is 22.3 Å². The summed E-state index contributed by atoms with van der Waals surface area (Å²) >= 11 is 0. The van der Waals surface area contributed by atoms with Gasteiger partial charge < -0.3 is 9.80 Å². The minimum Gasteiger partial charge on any atom is -0.311 e. The maximum atomic E-state index is 13.4. The van der Waals surface area contributed by atoms with E-state index in [1.165, 1.54) is 43.5 Å². The molecule has 2 aliphatic heterocycles. The molecule has 4 nitrogen and oxygen atoms in total. The van der Waals surface area contributed by atoms with Crippen LogP contribution in [0.2, 0.25) is 26.2 Å². The number of para-hydroxylation sites is 4. The van der Waals surface area contributed by atoms with Crippen LogP contribution in [0.4, 0.5) is 34.1 Å². The Morgan fingerprint density at radius 2 is 0.679 bits per heavy atom. The number of hydrogen-bond donors (Lipinski definition) is 0. The smallest absolute Gasteiger partial charge is 0.174 e. The van der Waals surface area contributed by atoms with Crippen LogP contribution in [0.3, 0.4) is 0 Å². The van der Waals surface area contributed by atoms with E-state index >= 15 is 0 Å². The Hall–Kier alpha value is -6.09. The second kappa shape index (κ2) is 12.5. The fraction of sp³-hybridized carbons (Fsp3) is 0.120. The van der Waals surface area contributed by atoms with Crippen LogP contribution in [-0.4, -0.2) is 27.7 Å². The standard InChI is InChI=1S/C50H42N2O2Si2/c1-32-49(53)39-30-37(33-22-26-35(27-23-33)51-41-14-6-10-18-45(41)55(2,3)46-19-11-7-15-42(46)51)38(31-40(39)50(32)54)34-24-28-36(29-25-34)52-43-16-8-12-20-47(43)56(4,5)48-21-13-9-17-44(48)52/h6-32H,1-5H3. The molecular formula is C50H42N2O2Si2. The number of benzene rings is 7. The van der Waals surface area contributed by atoms with Crippen molar-refractivity contribution in [3.05, 3.63) is 169 Å². The second-order valence-corrected chi connectivity index (χ2v) is 25.1. The van der Waals surface area contributed by atoms with Gasteiger partial charge in [-0.15, -0.1) is 0 Å². The molecule has 2 heterocycles. The van der Waals surface area contributed by atoms with Gasteiger partial charge in [-0.3, -0.25) is 9.59 Å². The summed E-state index contributed by atoms with van der Waals surface area (Å²) in [6.07, 6.45) is 0. The number of carbonyl (C=O) groups excluding carboxylic acids is 2. The molecule has 10 rings (SSSR count). The van der Waals surface area contributed by atoms with E-state index in [1.54, 1.807) is 6.92 Å². The zero-order valence-electron chi connectivity index (χ0n) is 32.3. The van der Waals surface area contributed by atoms with E-state index in [4.69, 9.17) is 0 Å². The first-order valence-electron chi connectivity index (χ1n) is 19.5. The Morgan fingerprint density at radius 1 is 0.393 bits per heavy atom. The molecular weight excluding hydrogens is 717 g/mol. The molecule has 7 aromatic rings. The van der Waals surface area contributed by atoms with Gasteiger partial charge in [0.25, 0.3) is 0 Å². The number of hydrogen-bond acceptors (Lipinski definition) is 4. The monoisotopic (exact) mass is 758 g/mol. The predicted octanol–water partition coefficient (Wildman–Crippen LogP) is 10.2. The zero-order chi connectivity index (χ0) is 38.5. The van der Waals surface area contributed by atoms with Crippen molar-refractivity contribution in [2.75, 3.05) is 9.80 Å². The summed E-state index contributed by atoms with van der Waals surface area (Å²) in [5, 5.41) is 5.69. The van der Waals surface area contributed by atoms with Crippen LogP contribution in [0.25, 0.3) is 22.3 Å². The summed E-state index contributed by atoms with van der Waals surface area (Å²) in [6, 6.07) is 56.6. The number of carbonyl (C=O) groups is 2. The quantitative estimate of drug-likeness (QED) is 0.132. The third-order valence-electron chi connectivity index (χ3n) is 12.6. The highest BCUT2D eigenvalue weighted by Gasteiger charge is 2.40. The van der Waals surface area contributed by atoms with Crippen molar-refractivity contribution in [2.24, 2.45) is 5.92 Å². The number of fused-ring (bicyclic) bond motifs is 5. The molecule has 3 aliphatic rings. The van der Waals surface area contributed by atoms with Crippen molar-refractivity contribution >= 4 is 82.6 Å². The molecule has 0 saturated heterocycles. The predicted molar refractivity (Wildman–Crippen MR) is 238 cm³/mol. The normalized spacial score (nSPS) is 16.2. The van der Waals surface area contributed by atoms with Gasteiger partial charge in [-0.2, -0.15) is 0 Å². The fourth-order valence-corrected chi connectivity index (χ4v) is 15.5. The minimum atomic E-state index is -1.90. The van der Waals surface area contributed by atoms with Crippen molar-refractivity contribution in [1.29, 1.82) is 0 Å². The van der Waals surface area contributed by atoms with Crippen LogP contribution in [0.15, 0.2) is 158 Å². The van der Waals surface area contributed by atoms with Crippen LogP contribution in [0.1, 0.15) is 27.6 Å². The van der Waals surface area contributed by atoms with E-state index in [0.717, 1.165) is 33.6 Å². The Labute approximate surface area is 330 Å². The van der Waals surface area contributed by atoms with E-state index in [-0.39, 0.29) is 11.6 Å². The third kappa shape index (κ3) is 4.95. The molecule has 0 amide bonds. The van der Waals surface area contributed by atoms with Crippen molar-refractivity contribution < 1.29 is 9.59 Å². The van der Waals surface area contributed by atoms with Gasteiger partial charge in [0.05, 0.1) is 5.92 Å². The summed E-state index contributed by atoms with van der Waals surface area (Å²) in [5.41, 5.74) is 12.0. The SMILES string of the molecule is CC1C(=O)c2cc(-c3ccc(N4c5ccccc5[Si](C)(C)c5ccccc54)cc3)c(-c3ccc(N4c5ccccc5[Si](C)(C)c5ccccc54)cc3)cc2C1=O. The average molecular weight is 759 g/mol. The Bertz CT molecular complexity index is 2480. The molecule has 0 N–H and O–H groups in total. The first-order valence-corrected chi connectivity index (χ1v) is 25.5. The molecule has 1 aliphatic carbocycles. The molecule has 0 saturated carbocycles. The lowest BCUT2D eigenvalue weighted by Crippen LogP contribution is -2.58. The second-order valence-electron chi connectivity index (χ2n) is 16.5. The minimum absolute atomic E-state index is 0.105. The van der Waals surface area contributed by atoms with Gasteiger partial charge >= 0.3 is 0 Å². The average Bonchev–Trinajstić information content (AvgIpc) is 3.44. The number of rotatable bonds is 4. The number of ketones is 2. The number of nitrogens with zero attached hydrogens (tertiary/aromatic N) is 2. The molecule has 0 aromatic heterocycles. The molecule has 0 bridgehead atoms. The molecule has 0 atom stereocenters.